The number of fused-ring (bicyclic) bond motifs is 1. The molecule has 1 aliphatic carbocycles. The number of carboxylic acid groups (broad SMARTS) is 1. The van der Waals surface area contributed by atoms with Crippen LogP contribution in [0.2, 0.25) is 0 Å². The number of likely N-dealkylation sites (tertiary alicyclic amines) is 1. The van der Waals surface area contributed by atoms with Crippen LogP contribution in [0.15, 0.2) is 10.6 Å². The summed E-state index contributed by atoms with van der Waals surface area (Å²) in [5.74, 6) is -1.30. The molecule has 32 heavy (non-hydrogen) atoms. The van der Waals surface area contributed by atoms with Gasteiger partial charge >= 0.3 is 5.97 Å². The first kappa shape index (κ1) is 23.4. The zero-order valence-electron chi connectivity index (χ0n) is 18.8. The number of β-lactam (4-membered cyclic amide) rings is 1. The fourth-order valence-electron chi connectivity index (χ4n) is 6.01. The first-order valence-electron chi connectivity index (χ1n) is 11.7. The van der Waals surface area contributed by atoms with E-state index in [1.54, 1.807) is 18.7 Å². The molecule has 4 aliphatic rings. The molecule has 0 bridgehead atoms. The third-order valence-corrected chi connectivity index (χ3v) is 9.23. The summed E-state index contributed by atoms with van der Waals surface area (Å²) in [7, 11) is 0. The molecular formula is C22H35N5O4S. The van der Waals surface area contributed by atoms with Crippen molar-refractivity contribution in [3.05, 3.63) is 10.6 Å². The normalized spacial score (nSPS) is 36.1. The Morgan fingerprint density at radius 3 is 2.59 bits per heavy atom. The Labute approximate surface area is 193 Å². The molecule has 3 fully saturated rings. The standard InChI is InChI=1S/C22H35N5O4S/c1-11-17-16(12(2)28)20(29)27(17)18(21(30)31)19(11)32-15-7-8-26(10-15)14-5-3-13(4-6-14)9-25-22(23)24/h11-17,28H,3-10H2,1-2H3,(H,30,31)(H4,23,24,25)/t11-,12-,13?,14?,15?,16-,17-/m1/s1. The Hall–Kier alpha value is -1.78. The van der Waals surface area contributed by atoms with Crippen LogP contribution < -0.4 is 11.1 Å². The predicted octanol–water partition coefficient (Wildman–Crippen LogP) is 0.989. The van der Waals surface area contributed by atoms with E-state index >= 15 is 0 Å². The number of nitrogens with one attached hydrogen (secondary N) is 2. The highest BCUT2D eigenvalue weighted by atomic mass is 32.2. The minimum absolute atomic E-state index is 0.0361. The highest BCUT2D eigenvalue weighted by Crippen LogP contribution is 2.52. The van der Waals surface area contributed by atoms with Crippen LogP contribution in [0.5, 0.6) is 0 Å². The predicted molar refractivity (Wildman–Crippen MR) is 123 cm³/mol. The number of guanidine groups is 1. The minimum Gasteiger partial charge on any atom is -0.477 e. The SMILES string of the molecule is C[C@@H](O)[C@H]1C(=O)N2C(C(=O)O)=C(SC3CCN(C4CCC(CNC(=N)N)CC4)C3)[C@H](C)[C@H]12. The van der Waals surface area contributed by atoms with E-state index < -0.39 is 18.0 Å². The number of hydrogen-bond donors (Lipinski definition) is 5. The molecule has 0 radical (unpaired) electrons. The van der Waals surface area contributed by atoms with Gasteiger partial charge in [0.15, 0.2) is 5.96 Å². The van der Waals surface area contributed by atoms with Crippen LogP contribution in [-0.4, -0.2) is 80.9 Å². The Morgan fingerprint density at radius 2 is 2.00 bits per heavy atom. The molecule has 10 heteroatoms. The lowest BCUT2D eigenvalue weighted by Crippen LogP contribution is -2.63. The Morgan fingerprint density at radius 1 is 1.31 bits per heavy atom. The van der Waals surface area contributed by atoms with Crippen molar-refractivity contribution in [3.8, 4) is 0 Å². The monoisotopic (exact) mass is 465 g/mol. The van der Waals surface area contributed by atoms with Gasteiger partial charge in [-0.05, 0) is 51.5 Å². The molecule has 6 N–H and O–H groups in total. The topological polar surface area (TPSA) is 143 Å². The van der Waals surface area contributed by atoms with Crippen LogP contribution in [0.3, 0.4) is 0 Å². The van der Waals surface area contributed by atoms with Gasteiger partial charge in [0.1, 0.15) is 5.70 Å². The maximum absolute atomic E-state index is 12.5. The van der Waals surface area contributed by atoms with Gasteiger partial charge in [0, 0.05) is 35.2 Å². The third-order valence-electron chi connectivity index (χ3n) is 7.70. The van der Waals surface area contributed by atoms with E-state index in [0.29, 0.717) is 17.2 Å². The van der Waals surface area contributed by atoms with E-state index in [1.807, 2.05) is 6.92 Å². The number of carbonyl (C=O) groups is 2. The van der Waals surface area contributed by atoms with E-state index in [2.05, 4.69) is 10.2 Å². The van der Waals surface area contributed by atoms with Gasteiger partial charge in [0.2, 0.25) is 5.91 Å². The number of hydrogen-bond acceptors (Lipinski definition) is 6. The van der Waals surface area contributed by atoms with Crippen molar-refractivity contribution in [2.75, 3.05) is 19.6 Å². The summed E-state index contributed by atoms with van der Waals surface area (Å²) in [6.45, 7) is 6.32. The van der Waals surface area contributed by atoms with Crippen LogP contribution in [-0.2, 0) is 9.59 Å². The van der Waals surface area contributed by atoms with Gasteiger partial charge in [-0.25, -0.2) is 4.79 Å². The van der Waals surface area contributed by atoms with Gasteiger partial charge in [0.25, 0.3) is 0 Å². The fourth-order valence-corrected chi connectivity index (χ4v) is 7.51. The van der Waals surface area contributed by atoms with Crippen LogP contribution in [0.1, 0.15) is 46.0 Å². The molecule has 4 rings (SSSR count). The van der Waals surface area contributed by atoms with Crippen molar-refractivity contribution >= 4 is 29.6 Å². The van der Waals surface area contributed by atoms with Gasteiger partial charge in [-0.1, -0.05) is 6.92 Å². The summed E-state index contributed by atoms with van der Waals surface area (Å²) in [5, 5.41) is 30.4. The third kappa shape index (κ3) is 4.24. The number of aliphatic hydroxyl groups is 1. The molecule has 178 valence electrons. The molecule has 0 spiro atoms. The second-order valence-electron chi connectivity index (χ2n) is 9.76. The van der Waals surface area contributed by atoms with Crippen LogP contribution >= 0.6 is 11.8 Å². The zero-order valence-corrected chi connectivity index (χ0v) is 19.6. The Balaban J connectivity index is 1.35. The molecule has 0 aromatic heterocycles. The van der Waals surface area contributed by atoms with E-state index in [4.69, 9.17) is 11.1 Å². The van der Waals surface area contributed by atoms with Crippen LogP contribution in [0, 0.1) is 23.2 Å². The number of rotatable bonds is 7. The fraction of sp³-hybridized carbons (Fsp3) is 0.773. The molecule has 1 unspecified atom stereocenters. The van der Waals surface area contributed by atoms with E-state index in [0.717, 1.165) is 56.6 Å². The highest BCUT2D eigenvalue weighted by Gasteiger charge is 2.60. The highest BCUT2D eigenvalue weighted by molar-refractivity contribution is 8.03. The number of thioether (sulfide) groups is 1. The number of carbonyl (C=O) groups excluding carboxylic acids is 1. The van der Waals surface area contributed by atoms with Gasteiger partial charge in [-0.2, -0.15) is 0 Å². The summed E-state index contributed by atoms with van der Waals surface area (Å²) in [6, 6.07) is 0.316. The van der Waals surface area contributed by atoms with Crippen molar-refractivity contribution in [1.82, 2.24) is 15.1 Å². The van der Waals surface area contributed by atoms with E-state index in [-0.39, 0.29) is 29.5 Å². The number of aliphatic carboxylic acids is 1. The molecule has 0 aromatic rings. The van der Waals surface area contributed by atoms with Crippen molar-refractivity contribution in [2.24, 2.45) is 23.5 Å². The maximum Gasteiger partial charge on any atom is 0.353 e. The molecule has 3 aliphatic heterocycles. The molecule has 1 amide bonds. The molecule has 0 aromatic carbocycles. The Bertz CT molecular complexity index is 810. The molecule has 9 nitrogen and oxygen atoms in total. The summed E-state index contributed by atoms with van der Waals surface area (Å²) in [6.07, 6.45) is 4.78. The van der Waals surface area contributed by atoms with Crippen molar-refractivity contribution in [3.63, 3.8) is 0 Å². The molecule has 2 saturated heterocycles. The molecule has 5 atom stereocenters. The van der Waals surface area contributed by atoms with E-state index in [1.165, 1.54) is 4.90 Å². The van der Waals surface area contributed by atoms with Gasteiger partial charge < -0.3 is 26.2 Å². The lowest BCUT2D eigenvalue weighted by molar-refractivity contribution is -0.163. The number of carboxylic acids is 1. The van der Waals surface area contributed by atoms with Gasteiger partial charge in [-0.3, -0.25) is 15.1 Å². The number of nitrogens with zero attached hydrogens (tertiary/aromatic N) is 2. The summed E-state index contributed by atoms with van der Waals surface area (Å²) < 4.78 is 0. The average Bonchev–Trinajstić information content (AvgIpc) is 3.29. The van der Waals surface area contributed by atoms with Gasteiger partial charge in [-0.15, -0.1) is 11.8 Å². The Kier molecular flexibility index (Phi) is 6.74. The quantitative estimate of drug-likeness (QED) is 0.213. The van der Waals surface area contributed by atoms with E-state index in [9.17, 15) is 19.8 Å². The summed E-state index contributed by atoms with van der Waals surface area (Å²) >= 11 is 1.64. The summed E-state index contributed by atoms with van der Waals surface area (Å²) in [5.41, 5.74) is 5.53. The molecule has 3 heterocycles. The van der Waals surface area contributed by atoms with Gasteiger partial charge in [0.05, 0.1) is 18.1 Å². The molecular weight excluding hydrogens is 430 g/mol. The number of nitrogens with two attached hydrogens (primary N) is 1. The second kappa shape index (κ2) is 9.23. The van der Waals surface area contributed by atoms with Crippen LogP contribution in [0.25, 0.3) is 0 Å². The summed E-state index contributed by atoms with van der Waals surface area (Å²) in [4.78, 5) is 29.3. The largest absolute Gasteiger partial charge is 0.477 e. The zero-order chi connectivity index (χ0) is 23.2. The van der Waals surface area contributed by atoms with Crippen LogP contribution in [0.4, 0.5) is 0 Å². The number of amides is 1. The molecule has 1 saturated carbocycles. The lowest BCUT2D eigenvalue weighted by Gasteiger charge is -2.46. The van der Waals surface area contributed by atoms with Crippen molar-refractivity contribution in [2.45, 2.75) is 69.4 Å². The maximum atomic E-state index is 12.5. The van der Waals surface area contributed by atoms with Crippen molar-refractivity contribution < 1.29 is 19.8 Å². The second-order valence-corrected chi connectivity index (χ2v) is 11.1. The number of aliphatic hydroxyl groups excluding tert-OH is 1. The minimum atomic E-state index is -1.05. The van der Waals surface area contributed by atoms with Crippen molar-refractivity contribution in [1.29, 1.82) is 5.41 Å². The first-order chi connectivity index (χ1) is 15.2. The average molecular weight is 466 g/mol. The smallest absolute Gasteiger partial charge is 0.353 e. The lowest BCUT2D eigenvalue weighted by atomic mass is 9.79. The first-order valence-corrected chi connectivity index (χ1v) is 12.5.